The zero-order valence-corrected chi connectivity index (χ0v) is 20.1. The second-order valence-corrected chi connectivity index (χ2v) is 9.62. The average Bonchev–Trinajstić information content (AvgIpc) is 3.03. The number of imidazole rings is 1. The Bertz CT molecular complexity index is 1090. The largest absolute Gasteiger partial charge is 0.444 e. The number of rotatable bonds is 6. The van der Waals surface area contributed by atoms with E-state index in [-0.39, 0.29) is 36.4 Å². The number of ether oxygens (including phenoxy) is 1. The summed E-state index contributed by atoms with van der Waals surface area (Å²) in [5.74, 6) is 0.0943. The van der Waals surface area contributed by atoms with Crippen LogP contribution < -0.4 is 11.0 Å². The monoisotopic (exact) mass is 458 g/mol. The Morgan fingerprint density at radius 2 is 1.88 bits per heavy atom. The molecule has 0 saturated carbocycles. The maximum absolute atomic E-state index is 12.9. The fourth-order valence-electron chi connectivity index (χ4n) is 4.34. The molecule has 0 bridgehead atoms. The van der Waals surface area contributed by atoms with Crippen molar-refractivity contribution < 1.29 is 19.1 Å². The molecule has 1 aromatic carbocycles. The van der Waals surface area contributed by atoms with E-state index in [1.165, 1.54) is 4.57 Å². The van der Waals surface area contributed by atoms with Crippen LogP contribution in [0.5, 0.6) is 0 Å². The summed E-state index contributed by atoms with van der Waals surface area (Å²) < 4.78 is 8.49. The molecule has 9 heteroatoms. The number of carbonyl (C=O) groups is 3. The first-order chi connectivity index (χ1) is 15.6. The summed E-state index contributed by atoms with van der Waals surface area (Å²) in [5.41, 5.74) is 1.73. The normalized spacial score (nSPS) is 16.0. The molecule has 1 aliphatic rings. The third-order valence-corrected chi connectivity index (χ3v) is 6.17. The number of hydrogen-bond acceptors (Lipinski definition) is 5. The summed E-state index contributed by atoms with van der Waals surface area (Å²) in [6, 6.07) is 5.17. The topological polar surface area (TPSA) is 103 Å². The molecule has 2 aromatic rings. The Morgan fingerprint density at radius 3 is 2.45 bits per heavy atom. The predicted molar refractivity (Wildman–Crippen MR) is 125 cm³/mol. The van der Waals surface area contributed by atoms with Gasteiger partial charge in [0, 0.05) is 33.6 Å². The molecule has 0 aliphatic carbocycles. The molecule has 1 aromatic heterocycles. The number of aromatic nitrogens is 2. The molecule has 1 saturated heterocycles. The zero-order chi connectivity index (χ0) is 24.3. The van der Waals surface area contributed by atoms with E-state index in [2.05, 4.69) is 5.32 Å². The van der Waals surface area contributed by atoms with Gasteiger partial charge in [-0.1, -0.05) is 6.07 Å². The molecule has 9 nitrogen and oxygen atoms in total. The Hall–Kier alpha value is -3.10. The lowest BCUT2D eigenvalue weighted by Gasteiger charge is -2.33. The second kappa shape index (κ2) is 9.80. The van der Waals surface area contributed by atoms with Crippen molar-refractivity contribution in [2.45, 2.75) is 64.0 Å². The van der Waals surface area contributed by atoms with E-state index in [1.54, 1.807) is 23.6 Å². The summed E-state index contributed by atoms with van der Waals surface area (Å²) in [5, 5.41) is 2.54. The third kappa shape index (κ3) is 5.46. The average molecular weight is 459 g/mol. The van der Waals surface area contributed by atoms with Gasteiger partial charge in [-0.3, -0.25) is 13.9 Å². The molecule has 2 heterocycles. The van der Waals surface area contributed by atoms with Gasteiger partial charge in [0.15, 0.2) is 0 Å². The number of fused-ring (bicyclic) bond motifs is 1. The summed E-state index contributed by atoms with van der Waals surface area (Å²) in [6.45, 7) is 6.81. The predicted octanol–water partition coefficient (Wildman–Crippen LogP) is 2.72. The molecule has 3 rings (SSSR count). The number of aldehydes is 1. The second-order valence-electron chi connectivity index (χ2n) is 9.62. The number of nitrogens with zero attached hydrogens (tertiary/aromatic N) is 3. The molecule has 180 valence electrons. The quantitative estimate of drug-likeness (QED) is 0.671. The van der Waals surface area contributed by atoms with Gasteiger partial charge in [0.05, 0.1) is 17.1 Å². The Kier molecular flexibility index (Phi) is 7.29. The maximum atomic E-state index is 12.9. The van der Waals surface area contributed by atoms with Crippen LogP contribution in [-0.4, -0.2) is 58.1 Å². The maximum Gasteiger partial charge on any atom is 0.410 e. The van der Waals surface area contributed by atoms with Crippen LogP contribution in [0.15, 0.2) is 23.0 Å². The minimum atomic E-state index is -0.707. The van der Waals surface area contributed by atoms with E-state index in [1.807, 2.05) is 39.0 Å². The molecular weight excluding hydrogens is 424 g/mol. The highest BCUT2D eigenvalue weighted by molar-refractivity contribution is 5.79. The fraction of sp³-hybridized carbons (Fsp3) is 0.583. The van der Waals surface area contributed by atoms with E-state index < -0.39 is 11.6 Å². The van der Waals surface area contributed by atoms with Crippen molar-refractivity contribution in [1.29, 1.82) is 0 Å². The van der Waals surface area contributed by atoms with Gasteiger partial charge in [0.1, 0.15) is 11.9 Å². The number of nitrogens with one attached hydrogen (secondary N) is 1. The third-order valence-electron chi connectivity index (χ3n) is 6.17. The summed E-state index contributed by atoms with van der Waals surface area (Å²) in [6.07, 6.45) is 2.48. The molecule has 33 heavy (non-hydrogen) atoms. The van der Waals surface area contributed by atoms with Gasteiger partial charge >= 0.3 is 11.8 Å². The van der Waals surface area contributed by atoms with Crippen molar-refractivity contribution in [2.24, 2.45) is 7.05 Å². The highest BCUT2D eigenvalue weighted by atomic mass is 16.6. The van der Waals surface area contributed by atoms with E-state index in [0.717, 1.165) is 30.2 Å². The molecule has 1 aliphatic heterocycles. The van der Waals surface area contributed by atoms with Gasteiger partial charge in [-0.25, -0.2) is 9.59 Å². The molecule has 1 atom stereocenters. The van der Waals surface area contributed by atoms with Crippen LogP contribution in [0, 0.1) is 0 Å². The Morgan fingerprint density at radius 1 is 1.21 bits per heavy atom. The van der Waals surface area contributed by atoms with Crippen LogP contribution >= 0.6 is 0 Å². The molecular formula is C24H34N4O5. The lowest BCUT2D eigenvalue weighted by atomic mass is 9.89. The van der Waals surface area contributed by atoms with Crippen LogP contribution in [0.1, 0.15) is 64.0 Å². The number of amides is 2. The summed E-state index contributed by atoms with van der Waals surface area (Å²) >= 11 is 0. The van der Waals surface area contributed by atoms with E-state index >= 15 is 0 Å². The van der Waals surface area contributed by atoms with Gasteiger partial charge in [-0.05, 0) is 63.6 Å². The molecule has 1 fully saturated rings. The molecule has 0 spiro atoms. The number of carbonyl (C=O) groups excluding carboxylic acids is 3. The van der Waals surface area contributed by atoms with Gasteiger partial charge < -0.3 is 19.7 Å². The Labute approximate surface area is 193 Å². The van der Waals surface area contributed by atoms with Crippen LogP contribution in [0.2, 0.25) is 0 Å². The molecule has 0 radical (unpaired) electrons. The molecule has 1 N–H and O–H groups in total. The van der Waals surface area contributed by atoms with Gasteiger partial charge in [-0.15, -0.1) is 0 Å². The van der Waals surface area contributed by atoms with Crippen molar-refractivity contribution in [3.05, 3.63) is 34.2 Å². The first-order valence-electron chi connectivity index (χ1n) is 11.4. The van der Waals surface area contributed by atoms with Crippen LogP contribution in [0.3, 0.4) is 0 Å². The highest BCUT2D eigenvalue weighted by Crippen LogP contribution is 2.31. The van der Waals surface area contributed by atoms with Crippen molar-refractivity contribution in [3.8, 4) is 0 Å². The first kappa shape index (κ1) is 24.5. The SMILES string of the molecule is CNC(=O)CCC(C=O)n1c(=O)n(C)c2cc(C3CCN(C(=O)OC(C)(C)C)CC3)ccc21. The van der Waals surface area contributed by atoms with E-state index in [4.69, 9.17) is 4.74 Å². The highest BCUT2D eigenvalue weighted by Gasteiger charge is 2.28. The van der Waals surface area contributed by atoms with Crippen molar-refractivity contribution in [1.82, 2.24) is 19.4 Å². The minimum absolute atomic E-state index is 0.164. The Balaban J connectivity index is 1.79. The minimum Gasteiger partial charge on any atom is -0.444 e. The van der Waals surface area contributed by atoms with Crippen LogP contribution in [-0.2, 0) is 21.4 Å². The fourth-order valence-corrected chi connectivity index (χ4v) is 4.34. The number of likely N-dealkylation sites (tertiary alicyclic amines) is 1. The van der Waals surface area contributed by atoms with E-state index in [0.29, 0.717) is 18.6 Å². The van der Waals surface area contributed by atoms with Gasteiger partial charge in [-0.2, -0.15) is 0 Å². The zero-order valence-electron chi connectivity index (χ0n) is 20.1. The number of aryl methyl sites for hydroxylation is 1. The van der Waals surface area contributed by atoms with Gasteiger partial charge in [0.2, 0.25) is 5.91 Å². The number of piperidine rings is 1. The lowest BCUT2D eigenvalue weighted by molar-refractivity contribution is -0.121. The molecule has 1 unspecified atom stereocenters. The first-order valence-corrected chi connectivity index (χ1v) is 11.4. The summed E-state index contributed by atoms with van der Waals surface area (Å²) in [7, 11) is 3.23. The summed E-state index contributed by atoms with van der Waals surface area (Å²) in [4.78, 5) is 50.4. The van der Waals surface area contributed by atoms with Crippen LogP contribution in [0.4, 0.5) is 4.79 Å². The molecule has 2 amide bonds. The number of hydrogen-bond donors (Lipinski definition) is 1. The van der Waals surface area contributed by atoms with Crippen molar-refractivity contribution in [2.75, 3.05) is 20.1 Å². The van der Waals surface area contributed by atoms with Crippen molar-refractivity contribution in [3.63, 3.8) is 0 Å². The van der Waals surface area contributed by atoms with E-state index in [9.17, 15) is 19.2 Å². The van der Waals surface area contributed by atoms with Crippen LogP contribution in [0.25, 0.3) is 11.0 Å². The lowest BCUT2D eigenvalue weighted by Crippen LogP contribution is -2.41. The van der Waals surface area contributed by atoms with Gasteiger partial charge in [0.25, 0.3) is 0 Å². The van der Waals surface area contributed by atoms with Crippen molar-refractivity contribution >= 4 is 29.3 Å². The standard InChI is InChI=1S/C24H34N4O5/c1-24(2,3)33-23(32)27-12-10-16(11-13-27)17-6-8-19-20(14-17)26(5)22(31)28(19)18(15-29)7-9-21(30)25-4/h6,8,14-16,18H,7,9-13H2,1-5H3,(H,25,30). The number of benzene rings is 1. The smallest absolute Gasteiger partial charge is 0.410 e.